The number of ether oxygens (including phenoxy) is 3. The third-order valence-electron chi connectivity index (χ3n) is 6.56. The fourth-order valence-corrected chi connectivity index (χ4v) is 4.46. The Bertz CT molecular complexity index is 1350. The third-order valence-corrected chi connectivity index (χ3v) is 6.56. The van der Waals surface area contributed by atoms with Crippen LogP contribution in [-0.2, 0) is 9.47 Å². The van der Waals surface area contributed by atoms with E-state index in [1.807, 2.05) is 37.6 Å². The molecule has 0 N–H and O–H groups in total. The van der Waals surface area contributed by atoms with E-state index >= 15 is 0 Å². The minimum Gasteiger partial charge on any atom is -0.494 e. The van der Waals surface area contributed by atoms with E-state index in [1.165, 1.54) is 11.7 Å². The lowest BCUT2D eigenvalue weighted by Crippen LogP contribution is -2.61. The number of amides is 1. The van der Waals surface area contributed by atoms with E-state index in [2.05, 4.69) is 19.9 Å². The van der Waals surface area contributed by atoms with E-state index in [4.69, 9.17) is 14.2 Å². The van der Waals surface area contributed by atoms with Crippen molar-refractivity contribution >= 4 is 29.0 Å². The zero-order valence-corrected chi connectivity index (χ0v) is 22.6. The van der Waals surface area contributed by atoms with Crippen molar-refractivity contribution in [3.8, 4) is 11.7 Å². The van der Waals surface area contributed by atoms with E-state index in [9.17, 15) is 13.6 Å². The molecule has 0 saturated carbocycles. The summed E-state index contributed by atoms with van der Waals surface area (Å²) >= 11 is 0. The minimum atomic E-state index is -2.89. The van der Waals surface area contributed by atoms with Crippen molar-refractivity contribution in [2.45, 2.75) is 38.8 Å². The summed E-state index contributed by atoms with van der Waals surface area (Å²) in [5.74, 6) is 0.521. The molecule has 0 bridgehead atoms. The van der Waals surface area contributed by atoms with Crippen molar-refractivity contribution in [3.63, 3.8) is 0 Å². The fraction of sp³-hybridized carbons (Fsp3) is 0.560. The van der Waals surface area contributed by atoms with Crippen LogP contribution < -0.4 is 14.5 Å². The molecule has 3 aromatic rings. The molecule has 2 fully saturated rings. The van der Waals surface area contributed by atoms with Gasteiger partial charge in [0.15, 0.2) is 5.82 Å². The van der Waals surface area contributed by atoms with Crippen molar-refractivity contribution in [2.24, 2.45) is 0 Å². The normalized spacial score (nSPS) is 16.5. The molecule has 210 valence electrons. The standard InChI is InChI=1S/C25H32F2N8O4/c1-25(2,3)39-24(36)34-13-15(14-34)32(4)21-29-22(33-9-11-38-12-10-33)31-23(30-21)35-16-7-6-8-17(37-5)18(16)28-20(35)19(26)27/h6-8,15,19H,9-14H2,1-5H3. The molecule has 0 spiro atoms. The maximum atomic E-state index is 14.2. The summed E-state index contributed by atoms with van der Waals surface area (Å²) in [4.78, 5) is 35.9. The number of methoxy groups -OCH3 is 1. The molecule has 14 heteroatoms. The number of para-hydroxylation sites is 1. The van der Waals surface area contributed by atoms with Gasteiger partial charge in [0.05, 0.1) is 31.9 Å². The van der Waals surface area contributed by atoms with Gasteiger partial charge in [-0.15, -0.1) is 0 Å². The summed E-state index contributed by atoms with van der Waals surface area (Å²) in [5, 5.41) is 0. The molecular weight excluding hydrogens is 514 g/mol. The fourth-order valence-electron chi connectivity index (χ4n) is 4.46. The molecule has 0 unspecified atom stereocenters. The summed E-state index contributed by atoms with van der Waals surface area (Å²) in [6, 6.07) is 4.93. The highest BCUT2D eigenvalue weighted by Crippen LogP contribution is 2.32. The molecule has 2 aliphatic heterocycles. The van der Waals surface area contributed by atoms with Gasteiger partial charge >= 0.3 is 6.09 Å². The molecule has 39 heavy (non-hydrogen) atoms. The molecule has 0 radical (unpaired) electrons. The molecule has 4 heterocycles. The Morgan fingerprint density at radius 1 is 1.10 bits per heavy atom. The van der Waals surface area contributed by atoms with Gasteiger partial charge in [-0.3, -0.25) is 4.57 Å². The number of nitrogens with zero attached hydrogens (tertiary/aromatic N) is 8. The maximum absolute atomic E-state index is 14.2. The van der Waals surface area contributed by atoms with Crippen LogP contribution in [0.25, 0.3) is 17.0 Å². The number of morpholine rings is 1. The first-order valence-electron chi connectivity index (χ1n) is 12.7. The maximum Gasteiger partial charge on any atom is 0.410 e. The van der Waals surface area contributed by atoms with Gasteiger partial charge in [0.2, 0.25) is 17.8 Å². The number of hydrogen-bond donors (Lipinski definition) is 0. The van der Waals surface area contributed by atoms with E-state index in [0.717, 1.165) is 0 Å². The van der Waals surface area contributed by atoms with Crippen LogP contribution in [0, 0.1) is 0 Å². The Balaban J connectivity index is 1.53. The number of rotatable bonds is 6. The number of fused-ring (bicyclic) bond motifs is 1. The topological polar surface area (TPSA) is 111 Å². The van der Waals surface area contributed by atoms with Crippen LogP contribution in [0.1, 0.15) is 33.0 Å². The van der Waals surface area contributed by atoms with Crippen LogP contribution in [0.2, 0.25) is 0 Å². The van der Waals surface area contributed by atoms with Crippen molar-refractivity contribution in [1.82, 2.24) is 29.4 Å². The quantitative estimate of drug-likeness (QED) is 0.457. The van der Waals surface area contributed by atoms with Gasteiger partial charge in [0, 0.05) is 33.2 Å². The second kappa shape index (κ2) is 10.4. The summed E-state index contributed by atoms with van der Waals surface area (Å²) in [7, 11) is 3.27. The molecule has 2 aliphatic rings. The number of likely N-dealkylation sites (N-methyl/N-ethyl adjacent to an activating group) is 1. The molecular formula is C25H32F2N8O4. The van der Waals surface area contributed by atoms with Gasteiger partial charge in [-0.25, -0.2) is 18.6 Å². The van der Waals surface area contributed by atoms with Crippen LogP contribution in [0.15, 0.2) is 18.2 Å². The lowest BCUT2D eigenvalue weighted by molar-refractivity contribution is 0.00840. The number of carbonyl (C=O) groups is 1. The molecule has 12 nitrogen and oxygen atoms in total. The molecule has 1 aromatic carbocycles. The first-order valence-corrected chi connectivity index (χ1v) is 12.7. The van der Waals surface area contributed by atoms with E-state index in [-0.39, 0.29) is 17.5 Å². The van der Waals surface area contributed by atoms with Gasteiger partial charge in [0.1, 0.15) is 16.9 Å². The molecule has 1 amide bonds. The summed E-state index contributed by atoms with van der Waals surface area (Å²) < 4.78 is 46.0. The Morgan fingerprint density at radius 3 is 2.44 bits per heavy atom. The van der Waals surface area contributed by atoms with E-state index < -0.39 is 23.9 Å². The summed E-state index contributed by atoms with van der Waals surface area (Å²) in [6.07, 6.45) is -3.28. The number of aromatic nitrogens is 5. The monoisotopic (exact) mass is 546 g/mol. The Hall–Kier alpha value is -3.81. The zero-order valence-electron chi connectivity index (χ0n) is 22.6. The average molecular weight is 547 g/mol. The number of benzene rings is 1. The Morgan fingerprint density at radius 2 is 1.79 bits per heavy atom. The lowest BCUT2D eigenvalue weighted by Gasteiger charge is -2.44. The Labute approximate surface area is 224 Å². The molecule has 2 saturated heterocycles. The highest BCUT2D eigenvalue weighted by Gasteiger charge is 2.37. The number of likely N-dealkylation sites (tertiary alicyclic amines) is 1. The smallest absolute Gasteiger partial charge is 0.410 e. The van der Waals surface area contributed by atoms with Crippen molar-refractivity contribution in [2.75, 3.05) is 63.4 Å². The SMILES string of the molecule is COc1cccc2c1nc(C(F)F)n2-c1nc(N2CCOCC2)nc(N(C)C2CN(C(=O)OC(C)(C)C)C2)n1. The van der Waals surface area contributed by atoms with Gasteiger partial charge in [-0.2, -0.15) is 15.0 Å². The molecule has 0 aliphatic carbocycles. The number of imidazole rings is 1. The predicted octanol–water partition coefficient (Wildman–Crippen LogP) is 3.05. The van der Waals surface area contributed by atoms with Gasteiger partial charge in [0.25, 0.3) is 6.43 Å². The van der Waals surface area contributed by atoms with Crippen LogP contribution in [-0.4, -0.2) is 101 Å². The minimum absolute atomic E-state index is 0.0164. The van der Waals surface area contributed by atoms with Crippen molar-refractivity contribution < 1.29 is 27.8 Å². The first-order chi connectivity index (χ1) is 18.6. The molecule has 0 atom stereocenters. The summed E-state index contributed by atoms with van der Waals surface area (Å²) in [5.41, 5.74) is 0.0748. The van der Waals surface area contributed by atoms with E-state index in [0.29, 0.717) is 62.6 Å². The number of halogens is 2. The number of alkyl halides is 2. The number of carbonyl (C=O) groups excluding carboxylic acids is 1. The highest BCUT2D eigenvalue weighted by molar-refractivity contribution is 5.84. The second-order valence-electron chi connectivity index (χ2n) is 10.4. The van der Waals surface area contributed by atoms with Crippen LogP contribution in [0.5, 0.6) is 5.75 Å². The molecule has 5 rings (SSSR count). The van der Waals surface area contributed by atoms with Crippen molar-refractivity contribution in [1.29, 1.82) is 0 Å². The zero-order chi connectivity index (χ0) is 27.9. The average Bonchev–Trinajstić information content (AvgIpc) is 3.27. The lowest BCUT2D eigenvalue weighted by atomic mass is 10.1. The highest BCUT2D eigenvalue weighted by atomic mass is 19.3. The van der Waals surface area contributed by atoms with Gasteiger partial charge in [-0.05, 0) is 32.9 Å². The second-order valence-corrected chi connectivity index (χ2v) is 10.4. The third kappa shape index (κ3) is 5.37. The van der Waals surface area contributed by atoms with E-state index in [1.54, 1.807) is 23.1 Å². The summed E-state index contributed by atoms with van der Waals surface area (Å²) in [6.45, 7) is 8.34. The van der Waals surface area contributed by atoms with Crippen molar-refractivity contribution in [3.05, 3.63) is 24.0 Å². The first kappa shape index (κ1) is 26.8. The van der Waals surface area contributed by atoms with Gasteiger partial charge < -0.3 is 28.9 Å². The predicted molar refractivity (Wildman–Crippen MR) is 139 cm³/mol. The molecule has 2 aromatic heterocycles. The van der Waals surface area contributed by atoms with Crippen LogP contribution >= 0.6 is 0 Å². The Kier molecular flexibility index (Phi) is 7.14. The number of hydrogen-bond acceptors (Lipinski definition) is 10. The number of anilines is 2. The van der Waals surface area contributed by atoms with Gasteiger partial charge in [-0.1, -0.05) is 6.07 Å². The largest absolute Gasteiger partial charge is 0.494 e. The van der Waals surface area contributed by atoms with Crippen LogP contribution in [0.3, 0.4) is 0 Å². The van der Waals surface area contributed by atoms with Crippen LogP contribution in [0.4, 0.5) is 25.5 Å².